The predicted octanol–water partition coefficient (Wildman–Crippen LogP) is 1.42. The standard InChI is InChI=1S/C9H20N4/c1-4-5-6-13-11-10-8-12(13)7-9(2)3/h8-9,11H,4-7H2,1-3H3. The largest absolute Gasteiger partial charge is 0.275 e. The fraction of sp³-hybridized carbons (Fsp3) is 0.889. The van der Waals surface area contributed by atoms with Crippen LogP contribution in [0.3, 0.4) is 0 Å². The second kappa shape index (κ2) is 5.07. The number of unbranched alkanes of at least 4 members (excludes halogenated alkanes) is 1. The minimum absolute atomic E-state index is 0.662. The lowest BCUT2D eigenvalue weighted by Crippen LogP contribution is -2.44. The van der Waals surface area contributed by atoms with Gasteiger partial charge in [0, 0.05) is 13.1 Å². The van der Waals surface area contributed by atoms with Crippen molar-refractivity contribution in [3.63, 3.8) is 0 Å². The van der Waals surface area contributed by atoms with Crippen molar-refractivity contribution in [1.29, 1.82) is 0 Å². The molecule has 4 nitrogen and oxygen atoms in total. The first-order valence-corrected chi connectivity index (χ1v) is 5.07. The fourth-order valence-corrected chi connectivity index (χ4v) is 1.29. The number of hydrazone groups is 1. The van der Waals surface area contributed by atoms with E-state index in [-0.39, 0.29) is 0 Å². The van der Waals surface area contributed by atoms with Crippen LogP contribution in [0.25, 0.3) is 0 Å². The van der Waals surface area contributed by atoms with Crippen LogP contribution in [0.2, 0.25) is 0 Å². The van der Waals surface area contributed by atoms with Crippen molar-refractivity contribution in [2.45, 2.75) is 33.6 Å². The van der Waals surface area contributed by atoms with Crippen LogP contribution in [0.1, 0.15) is 33.6 Å². The predicted molar refractivity (Wildman–Crippen MR) is 54.8 cm³/mol. The molecule has 0 bridgehead atoms. The van der Waals surface area contributed by atoms with Gasteiger partial charge in [0.15, 0.2) is 0 Å². The summed E-state index contributed by atoms with van der Waals surface area (Å²) in [7, 11) is 0. The van der Waals surface area contributed by atoms with Crippen molar-refractivity contribution in [3.8, 4) is 0 Å². The average molecular weight is 184 g/mol. The summed E-state index contributed by atoms with van der Waals surface area (Å²) in [6.07, 6.45) is 4.27. The summed E-state index contributed by atoms with van der Waals surface area (Å²) in [5.74, 6) is 0.662. The highest BCUT2D eigenvalue weighted by Crippen LogP contribution is 2.04. The maximum absolute atomic E-state index is 4.03. The van der Waals surface area contributed by atoms with Gasteiger partial charge in [-0.15, -0.1) is 5.12 Å². The quantitative estimate of drug-likeness (QED) is 0.701. The molecule has 1 rings (SSSR count). The Morgan fingerprint density at radius 2 is 2.23 bits per heavy atom. The van der Waals surface area contributed by atoms with Gasteiger partial charge in [-0.1, -0.05) is 27.2 Å². The lowest BCUT2D eigenvalue weighted by Gasteiger charge is -2.27. The zero-order valence-electron chi connectivity index (χ0n) is 8.82. The van der Waals surface area contributed by atoms with Crippen LogP contribution in [0.4, 0.5) is 0 Å². The van der Waals surface area contributed by atoms with Crippen LogP contribution < -0.4 is 5.53 Å². The second-order valence-corrected chi connectivity index (χ2v) is 3.84. The highest BCUT2D eigenvalue weighted by Gasteiger charge is 2.16. The lowest BCUT2D eigenvalue weighted by atomic mass is 10.2. The van der Waals surface area contributed by atoms with Gasteiger partial charge in [-0.2, -0.15) is 5.10 Å². The molecule has 0 atom stereocenters. The van der Waals surface area contributed by atoms with Crippen molar-refractivity contribution in [3.05, 3.63) is 0 Å². The highest BCUT2D eigenvalue weighted by molar-refractivity contribution is 5.54. The lowest BCUT2D eigenvalue weighted by molar-refractivity contribution is 0.00928. The first-order chi connectivity index (χ1) is 6.24. The van der Waals surface area contributed by atoms with Crippen LogP contribution in [-0.4, -0.2) is 29.6 Å². The number of hydrazine groups is 2. The van der Waals surface area contributed by atoms with E-state index in [9.17, 15) is 0 Å². The molecular weight excluding hydrogens is 164 g/mol. The van der Waals surface area contributed by atoms with Crippen molar-refractivity contribution < 1.29 is 0 Å². The molecule has 0 radical (unpaired) electrons. The highest BCUT2D eigenvalue weighted by atomic mass is 15.9. The van der Waals surface area contributed by atoms with Crippen LogP contribution in [0.5, 0.6) is 0 Å². The van der Waals surface area contributed by atoms with Gasteiger partial charge < -0.3 is 0 Å². The summed E-state index contributed by atoms with van der Waals surface area (Å²) in [6.45, 7) is 8.68. The van der Waals surface area contributed by atoms with Gasteiger partial charge >= 0.3 is 0 Å². The van der Waals surface area contributed by atoms with Gasteiger partial charge in [0.25, 0.3) is 0 Å². The molecule has 76 valence electrons. The van der Waals surface area contributed by atoms with Gasteiger partial charge in [-0.05, 0) is 12.3 Å². The van der Waals surface area contributed by atoms with E-state index in [1.54, 1.807) is 0 Å². The molecule has 1 aliphatic heterocycles. The number of hydrogen-bond acceptors (Lipinski definition) is 4. The summed E-state index contributed by atoms with van der Waals surface area (Å²) in [4.78, 5) is 0. The van der Waals surface area contributed by atoms with E-state index in [1.165, 1.54) is 12.8 Å². The number of nitrogens with one attached hydrogen (secondary N) is 1. The van der Waals surface area contributed by atoms with Gasteiger partial charge in [0.05, 0.1) is 0 Å². The molecule has 0 spiro atoms. The van der Waals surface area contributed by atoms with Crippen LogP contribution in [0.15, 0.2) is 5.10 Å². The zero-order chi connectivity index (χ0) is 9.68. The zero-order valence-corrected chi connectivity index (χ0v) is 8.82. The summed E-state index contributed by atoms with van der Waals surface area (Å²) >= 11 is 0. The Kier molecular flexibility index (Phi) is 4.02. The second-order valence-electron chi connectivity index (χ2n) is 3.84. The number of rotatable bonds is 5. The molecule has 0 unspecified atom stereocenters. The van der Waals surface area contributed by atoms with E-state index in [0.717, 1.165) is 13.1 Å². The third-order valence-electron chi connectivity index (χ3n) is 1.95. The Hall–Kier alpha value is -0.770. The third kappa shape index (κ3) is 3.22. The molecule has 1 aliphatic rings. The van der Waals surface area contributed by atoms with Crippen molar-refractivity contribution >= 4 is 6.34 Å². The maximum Gasteiger partial charge on any atom is 0.128 e. The minimum atomic E-state index is 0.662. The van der Waals surface area contributed by atoms with Crippen LogP contribution in [0, 0.1) is 5.92 Å². The van der Waals surface area contributed by atoms with Crippen LogP contribution >= 0.6 is 0 Å². The normalized spacial score (nSPS) is 17.1. The van der Waals surface area contributed by atoms with Gasteiger partial charge in [-0.3, -0.25) is 5.01 Å². The van der Waals surface area contributed by atoms with Gasteiger partial charge in [0.1, 0.15) is 6.34 Å². The first-order valence-electron chi connectivity index (χ1n) is 5.07. The van der Waals surface area contributed by atoms with E-state index in [0.29, 0.717) is 5.92 Å². The monoisotopic (exact) mass is 184 g/mol. The SMILES string of the molecule is CCCCN1NN=CN1CC(C)C. The molecule has 0 saturated carbocycles. The Bertz CT molecular complexity index is 167. The van der Waals surface area contributed by atoms with Crippen molar-refractivity contribution in [2.75, 3.05) is 13.1 Å². The van der Waals surface area contributed by atoms with Gasteiger partial charge in [-0.25, -0.2) is 5.53 Å². The molecule has 1 heterocycles. The minimum Gasteiger partial charge on any atom is -0.275 e. The molecule has 13 heavy (non-hydrogen) atoms. The van der Waals surface area contributed by atoms with E-state index in [1.807, 2.05) is 6.34 Å². The Morgan fingerprint density at radius 3 is 2.85 bits per heavy atom. The molecule has 0 aromatic rings. The number of nitrogens with zero attached hydrogens (tertiary/aromatic N) is 3. The van der Waals surface area contributed by atoms with E-state index in [4.69, 9.17) is 0 Å². The van der Waals surface area contributed by atoms with Crippen LogP contribution in [-0.2, 0) is 0 Å². The Balaban J connectivity index is 2.29. The van der Waals surface area contributed by atoms with E-state index >= 15 is 0 Å². The topological polar surface area (TPSA) is 30.9 Å². The average Bonchev–Trinajstić information content (AvgIpc) is 2.48. The fourth-order valence-electron chi connectivity index (χ4n) is 1.29. The first kappa shape index (κ1) is 10.3. The van der Waals surface area contributed by atoms with Crippen molar-refractivity contribution in [2.24, 2.45) is 11.0 Å². The molecule has 0 saturated heterocycles. The summed E-state index contributed by atoms with van der Waals surface area (Å²) in [5, 5.41) is 8.24. The Labute approximate surface area is 80.5 Å². The molecule has 0 aromatic heterocycles. The summed E-state index contributed by atoms with van der Waals surface area (Å²) < 4.78 is 0. The molecule has 4 heteroatoms. The molecule has 0 aliphatic carbocycles. The third-order valence-corrected chi connectivity index (χ3v) is 1.95. The maximum atomic E-state index is 4.03. The van der Waals surface area contributed by atoms with E-state index < -0.39 is 0 Å². The Morgan fingerprint density at radius 1 is 1.46 bits per heavy atom. The van der Waals surface area contributed by atoms with Crippen molar-refractivity contribution in [1.82, 2.24) is 15.7 Å². The van der Waals surface area contributed by atoms with E-state index in [2.05, 4.69) is 41.5 Å². The summed E-state index contributed by atoms with van der Waals surface area (Å²) in [5.41, 5.74) is 2.98. The smallest absolute Gasteiger partial charge is 0.128 e. The number of hydrogen-bond donors (Lipinski definition) is 1. The molecule has 0 amide bonds. The molecular formula is C9H20N4. The van der Waals surface area contributed by atoms with Gasteiger partial charge in [0.2, 0.25) is 0 Å². The molecule has 0 aromatic carbocycles. The molecule has 1 N–H and O–H groups in total. The summed E-state index contributed by atoms with van der Waals surface area (Å²) in [6, 6.07) is 0. The molecule has 0 fully saturated rings.